The van der Waals surface area contributed by atoms with Crippen molar-refractivity contribution in [2.24, 2.45) is 17.6 Å². The van der Waals surface area contributed by atoms with Crippen LogP contribution in [0.3, 0.4) is 0 Å². The molecule has 2 saturated carbocycles. The average Bonchev–Trinajstić information content (AvgIpc) is 2.85. The number of nitrogens with one attached hydrogen (secondary N) is 1. The first-order chi connectivity index (χ1) is 8.64. The summed E-state index contributed by atoms with van der Waals surface area (Å²) in [6.45, 7) is 3.12. The van der Waals surface area contributed by atoms with Gasteiger partial charge in [-0.25, -0.2) is 0 Å². The molecule has 0 spiro atoms. The Morgan fingerprint density at radius 3 is 2.28 bits per heavy atom. The zero-order chi connectivity index (χ0) is 13.0. The van der Waals surface area contributed by atoms with Crippen LogP contribution in [0, 0.1) is 11.8 Å². The largest absolute Gasteiger partial charge is 0.354 e. The molecule has 18 heavy (non-hydrogen) atoms. The molecule has 0 aromatic carbocycles. The second-order valence-electron chi connectivity index (χ2n) is 6.37. The van der Waals surface area contributed by atoms with E-state index in [2.05, 4.69) is 12.2 Å². The van der Waals surface area contributed by atoms with E-state index >= 15 is 0 Å². The van der Waals surface area contributed by atoms with Crippen molar-refractivity contribution in [2.45, 2.75) is 70.3 Å². The number of nitrogens with two attached hydrogens (primary N) is 1. The fourth-order valence-electron chi connectivity index (χ4n) is 3.49. The van der Waals surface area contributed by atoms with Crippen LogP contribution in [-0.2, 0) is 4.79 Å². The fourth-order valence-corrected chi connectivity index (χ4v) is 3.49. The van der Waals surface area contributed by atoms with Gasteiger partial charge < -0.3 is 11.1 Å². The van der Waals surface area contributed by atoms with E-state index in [1.807, 2.05) is 0 Å². The molecular weight excluding hydrogens is 224 g/mol. The van der Waals surface area contributed by atoms with Gasteiger partial charge in [0.2, 0.25) is 5.91 Å². The number of rotatable bonds is 4. The van der Waals surface area contributed by atoms with Crippen LogP contribution in [0.2, 0.25) is 0 Å². The van der Waals surface area contributed by atoms with Gasteiger partial charge in [0, 0.05) is 6.54 Å². The first-order valence-electron chi connectivity index (χ1n) is 7.71. The molecule has 0 aromatic heterocycles. The maximum absolute atomic E-state index is 12.1. The highest BCUT2D eigenvalue weighted by Crippen LogP contribution is 2.31. The monoisotopic (exact) mass is 252 g/mol. The zero-order valence-corrected chi connectivity index (χ0v) is 11.7. The van der Waals surface area contributed by atoms with Crippen molar-refractivity contribution in [1.29, 1.82) is 0 Å². The molecule has 0 aliphatic heterocycles. The molecule has 104 valence electrons. The lowest BCUT2D eigenvalue weighted by atomic mass is 9.81. The Morgan fingerprint density at radius 1 is 1.17 bits per heavy atom. The SMILES string of the molecule is CCC1CCC(CNC(=O)C2(N)CCCC2)CC1. The van der Waals surface area contributed by atoms with Gasteiger partial charge in [-0.2, -0.15) is 0 Å². The minimum atomic E-state index is -0.555. The van der Waals surface area contributed by atoms with Crippen molar-refractivity contribution in [2.75, 3.05) is 6.54 Å². The van der Waals surface area contributed by atoms with E-state index in [0.29, 0.717) is 5.92 Å². The molecule has 1 amide bonds. The van der Waals surface area contributed by atoms with E-state index in [4.69, 9.17) is 5.73 Å². The van der Waals surface area contributed by atoms with Crippen LogP contribution in [-0.4, -0.2) is 18.0 Å². The second-order valence-corrected chi connectivity index (χ2v) is 6.37. The van der Waals surface area contributed by atoms with Crippen LogP contribution in [0.15, 0.2) is 0 Å². The lowest BCUT2D eigenvalue weighted by Gasteiger charge is -2.29. The molecule has 3 heteroatoms. The van der Waals surface area contributed by atoms with Crippen LogP contribution in [0.4, 0.5) is 0 Å². The molecule has 0 aromatic rings. The van der Waals surface area contributed by atoms with Crippen LogP contribution in [0.25, 0.3) is 0 Å². The highest BCUT2D eigenvalue weighted by Gasteiger charge is 2.37. The summed E-state index contributed by atoms with van der Waals surface area (Å²) in [5, 5.41) is 3.10. The van der Waals surface area contributed by atoms with E-state index in [0.717, 1.165) is 38.1 Å². The standard InChI is InChI=1S/C15H28N2O/c1-2-12-5-7-13(8-6-12)11-17-14(18)15(16)9-3-4-10-15/h12-13H,2-11,16H2,1H3,(H,17,18). The van der Waals surface area contributed by atoms with Gasteiger partial charge in [0.1, 0.15) is 0 Å². The van der Waals surface area contributed by atoms with Crippen molar-refractivity contribution in [3.63, 3.8) is 0 Å². The van der Waals surface area contributed by atoms with Gasteiger partial charge in [-0.15, -0.1) is 0 Å². The third-order valence-electron chi connectivity index (χ3n) is 5.04. The molecule has 3 N–H and O–H groups in total. The summed E-state index contributed by atoms with van der Waals surface area (Å²) in [5.41, 5.74) is 5.59. The Balaban J connectivity index is 1.70. The molecule has 0 heterocycles. The minimum Gasteiger partial charge on any atom is -0.354 e. The van der Waals surface area contributed by atoms with Gasteiger partial charge in [-0.1, -0.05) is 39.0 Å². The van der Waals surface area contributed by atoms with Crippen molar-refractivity contribution >= 4 is 5.91 Å². The first kappa shape index (κ1) is 13.9. The van der Waals surface area contributed by atoms with Gasteiger partial charge >= 0.3 is 0 Å². The lowest BCUT2D eigenvalue weighted by Crippen LogP contribution is -2.52. The van der Waals surface area contributed by atoms with Gasteiger partial charge in [0.15, 0.2) is 0 Å². The third kappa shape index (κ3) is 3.25. The van der Waals surface area contributed by atoms with Gasteiger partial charge in [0.25, 0.3) is 0 Å². The summed E-state index contributed by atoms with van der Waals surface area (Å²) < 4.78 is 0. The molecule has 0 bridgehead atoms. The Morgan fingerprint density at radius 2 is 1.72 bits per heavy atom. The van der Waals surface area contributed by atoms with Crippen LogP contribution in [0.5, 0.6) is 0 Å². The van der Waals surface area contributed by atoms with E-state index in [-0.39, 0.29) is 5.91 Å². The smallest absolute Gasteiger partial charge is 0.240 e. The van der Waals surface area contributed by atoms with Crippen LogP contribution >= 0.6 is 0 Å². The number of amides is 1. The number of carbonyl (C=O) groups excluding carboxylic acids is 1. The van der Waals surface area contributed by atoms with E-state index < -0.39 is 5.54 Å². The quantitative estimate of drug-likeness (QED) is 0.808. The number of hydrogen-bond acceptors (Lipinski definition) is 2. The van der Waals surface area contributed by atoms with Crippen molar-refractivity contribution in [3.8, 4) is 0 Å². The molecule has 3 nitrogen and oxygen atoms in total. The summed E-state index contributed by atoms with van der Waals surface area (Å²) in [5.74, 6) is 1.70. The Hall–Kier alpha value is -0.570. The minimum absolute atomic E-state index is 0.0950. The van der Waals surface area contributed by atoms with Crippen molar-refractivity contribution in [1.82, 2.24) is 5.32 Å². The first-order valence-corrected chi connectivity index (χ1v) is 7.71. The molecule has 2 rings (SSSR count). The van der Waals surface area contributed by atoms with Crippen LogP contribution < -0.4 is 11.1 Å². The zero-order valence-electron chi connectivity index (χ0n) is 11.7. The predicted octanol–water partition coefficient (Wildman–Crippen LogP) is 2.59. The lowest BCUT2D eigenvalue weighted by molar-refractivity contribution is -0.126. The van der Waals surface area contributed by atoms with Gasteiger partial charge in [-0.3, -0.25) is 4.79 Å². The fraction of sp³-hybridized carbons (Fsp3) is 0.933. The third-order valence-corrected chi connectivity index (χ3v) is 5.04. The summed E-state index contributed by atoms with van der Waals surface area (Å²) in [7, 11) is 0. The topological polar surface area (TPSA) is 55.1 Å². The summed E-state index contributed by atoms with van der Waals surface area (Å²) in [6, 6.07) is 0. The maximum atomic E-state index is 12.1. The number of hydrogen-bond donors (Lipinski definition) is 2. The highest BCUT2D eigenvalue weighted by atomic mass is 16.2. The normalized spacial score (nSPS) is 31.2. The molecule has 2 fully saturated rings. The highest BCUT2D eigenvalue weighted by molar-refractivity contribution is 5.86. The molecule has 0 saturated heterocycles. The number of carbonyl (C=O) groups is 1. The predicted molar refractivity (Wildman–Crippen MR) is 74.1 cm³/mol. The van der Waals surface area contributed by atoms with E-state index in [1.165, 1.54) is 32.1 Å². The summed E-state index contributed by atoms with van der Waals surface area (Å²) in [6.07, 6.45) is 10.5. The average molecular weight is 252 g/mol. The second kappa shape index (κ2) is 6.05. The molecular formula is C15H28N2O. The van der Waals surface area contributed by atoms with E-state index in [1.54, 1.807) is 0 Å². The van der Waals surface area contributed by atoms with Gasteiger partial charge in [0.05, 0.1) is 5.54 Å². The Bertz CT molecular complexity index is 276. The molecule has 0 atom stereocenters. The summed E-state index contributed by atoms with van der Waals surface area (Å²) in [4.78, 5) is 12.1. The summed E-state index contributed by atoms with van der Waals surface area (Å²) >= 11 is 0. The van der Waals surface area contributed by atoms with Gasteiger partial charge in [-0.05, 0) is 37.5 Å². The molecule has 0 radical (unpaired) electrons. The Kier molecular flexibility index (Phi) is 4.66. The van der Waals surface area contributed by atoms with Crippen molar-refractivity contribution < 1.29 is 4.79 Å². The molecule has 2 aliphatic carbocycles. The van der Waals surface area contributed by atoms with Crippen LogP contribution in [0.1, 0.15) is 64.7 Å². The molecule has 0 unspecified atom stereocenters. The van der Waals surface area contributed by atoms with Crippen molar-refractivity contribution in [3.05, 3.63) is 0 Å². The Labute approximate surface area is 111 Å². The maximum Gasteiger partial charge on any atom is 0.240 e. The molecule has 2 aliphatic rings. The van der Waals surface area contributed by atoms with E-state index in [9.17, 15) is 4.79 Å².